The van der Waals surface area contributed by atoms with Crippen molar-refractivity contribution in [1.29, 1.82) is 0 Å². The van der Waals surface area contributed by atoms with Gasteiger partial charge in [-0.2, -0.15) is 0 Å². The molecule has 0 radical (unpaired) electrons. The summed E-state index contributed by atoms with van der Waals surface area (Å²) in [4.78, 5) is 2.14. The monoisotopic (exact) mass is 205 g/mol. The molecule has 0 saturated carbocycles. The minimum Gasteiger partial charge on any atom is -0.378 e. The minimum absolute atomic E-state index is 0.846. The average molecular weight is 205 g/mol. The summed E-state index contributed by atoms with van der Waals surface area (Å²) in [5.41, 5.74) is 2.74. The largest absolute Gasteiger partial charge is 0.378 e. The number of aryl methyl sites for hydroxylation is 1. The summed E-state index contributed by atoms with van der Waals surface area (Å²) < 4.78 is 0. The Hall–Kier alpha value is -0.980. The SMILES string of the molecule is CCC(C)CCc1ccc(N(C)C)cc1. The number of hydrogen-bond acceptors (Lipinski definition) is 1. The molecule has 0 aliphatic carbocycles. The lowest BCUT2D eigenvalue weighted by atomic mass is 9.99. The van der Waals surface area contributed by atoms with E-state index >= 15 is 0 Å². The first-order valence-corrected chi connectivity index (χ1v) is 5.89. The molecule has 0 bridgehead atoms. The summed E-state index contributed by atoms with van der Waals surface area (Å²) in [6, 6.07) is 8.90. The van der Waals surface area contributed by atoms with Crippen molar-refractivity contribution in [1.82, 2.24) is 0 Å². The molecule has 0 aliphatic rings. The maximum absolute atomic E-state index is 2.33. The van der Waals surface area contributed by atoms with E-state index in [1.807, 2.05) is 0 Å². The number of hydrogen-bond donors (Lipinski definition) is 0. The van der Waals surface area contributed by atoms with Gasteiger partial charge in [-0.05, 0) is 36.5 Å². The molecule has 15 heavy (non-hydrogen) atoms. The van der Waals surface area contributed by atoms with Crippen LogP contribution in [0.15, 0.2) is 24.3 Å². The highest BCUT2D eigenvalue weighted by Crippen LogP contribution is 2.16. The van der Waals surface area contributed by atoms with E-state index < -0.39 is 0 Å². The van der Waals surface area contributed by atoms with Gasteiger partial charge in [-0.3, -0.25) is 0 Å². The second-order valence-corrected chi connectivity index (χ2v) is 4.61. The molecule has 1 heteroatoms. The van der Waals surface area contributed by atoms with Crippen LogP contribution in [-0.4, -0.2) is 14.1 Å². The van der Waals surface area contributed by atoms with Crippen LogP contribution in [0.25, 0.3) is 0 Å². The number of benzene rings is 1. The van der Waals surface area contributed by atoms with Gasteiger partial charge in [0.05, 0.1) is 0 Å². The molecule has 1 rings (SSSR count). The first-order valence-electron chi connectivity index (χ1n) is 5.89. The summed E-state index contributed by atoms with van der Waals surface area (Å²) in [6.45, 7) is 4.59. The molecule has 1 atom stereocenters. The molecule has 84 valence electrons. The van der Waals surface area contributed by atoms with Gasteiger partial charge in [0.1, 0.15) is 0 Å². The van der Waals surface area contributed by atoms with Crippen molar-refractivity contribution in [2.75, 3.05) is 19.0 Å². The molecule has 1 unspecified atom stereocenters. The summed E-state index contributed by atoms with van der Waals surface area (Å²) in [6.07, 6.45) is 3.80. The normalized spacial score (nSPS) is 12.5. The first-order chi connectivity index (χ1) is 7.13. The Kier molecular flexibility index (Phi) is 4.67. The molecule has 0 saturated heterocycles. The summed E-state index contributed by atoms with van der Waals surface area (Å²) in [5.74, 6) is 0.846. The van der Waals surface area contributed by atoms with Crippen LogP contribution in [0.4, 0.5) is 5.69 Å². The van der Waals surface area contributed by atoms with E-state index in [9.17, 15) is 0 Å². The van der Waals surface area contributed by atoms with Crippen molar-refractivity contribution in [2.24, 2.45) is 5.92 Å². The van der Waals surface area contributed by atoms with E-state index in [2.05, 4.69) is 57.1 Å². The van der Waals surface area contributed by atoms with E-state index in [1.54, 1.807) is 0 Å². The highest BCUT2D eigenvalue weighted by molar-refractivity contribution is 5.45. The van der Waals surface area contributed by atoms with Crippen LogP contribution < -0.4 is 4.90 Å². The summed E-state index contributed by atoms with van der Waals surface area (Å²) in [7, 11) is 4.16. The first kappa shape index (κ1) is 12.1. The van der Waals surface area contributed by atoms with Crippen molar-refractivity contribution in [3.63, 3.8) is 0 Å². The topological polar surface area (TPSA) is 3.24 Å². The highest BCUT2D eigenvalue weighted by Gasteiger charge is 2.00. The van der Waals surface area contributed by atoms with Gasteiger partial charge in [0, 0.05) is 19.8 Å². The molecule has 1 aromatic rings. The molecule has 0 heterocycles. The lowest BCUT2D eigenvalue weighted by Gasteiger charge is -2.13. The van der Waals surface area contributed by atoms with Crippen molar-refractivity contribution < 1.29 is 0 Å². The Morgan fingerprint density at radius 2 is 1.73 bits per heavy atom. The van der Waals surface area contributed by atoms with Crippen molar-refractivity contribution >= 4 is 5.69 Å². The lowest BCUT2D eigenvalue weighted by molar-refractivity contribution is 0.516. The fraction of sp³-hybridized carbons (Fsp3) is 0.571. The van der Waals surface area contributed by atoms with Gasteiger partial charge in [0.2, 0.25) is 0 Å². The van der Waals surface area contributed by atoms with E-state index in [0.29, 0.717) is 0 Å². The number of rotatable bonds is 5. The van der Waals surface area contributed by atoms with Gasteiger partial charge in [0.15, 0.2) is 0 Å². The molecule has 1 nitrogen and oxygen atoms in total. The zero-order valence-corrected chi connectivity index (χ0v) is 10.5. The molecular formula is C14H23N. The van der Waals surface area contributed by atoms with Gasteiger partial charge < -0.3 is 4.90 Å². The van der Waals surface area contributed by atoms with Crippen LogP contribution in [0, 0.1) is 5.92 Å². The Morgan fingerprint density at radius 3 is 2.20 bits per heavy atom. The Bertz CT molecular complexity index is 274. The third-order valence-corrected chi connectivity index (χ3v) is 3.08. The van der Waals surface area contributed by atoms with Crippen LogP contribution in [0.1, 0.15) is 32.3 Å². The Morgan fingerprint density at radius 1 is 1.13 bits per heavy atom. The molecule has 1 aromatic carbocycles. The Balaban J connectivity index is 2.50. The summed E-state index contributed by atoms with van der Waals surface area (Å²) >= 11 is 0. The predicted octanol–water partition coefficient (Wildman–Crippen LogP) is 3.73. The van der Waals surface area contributed by atoms with Gasteiger partial charge >= 0.3 is 0 Å². The Labute approximate surface area is 94.1 Å². The second kappa shape index (κ2) is 5.79. The second-order valence-electron chi connectivity index (χ2n) is 4.61. The lowest BCUT2D eigenvalue weighted by Crippen LogP contribution is -2.08. The van der Waals surface area contributed by atoms with E-state index in [4.69, 9.17) is 0 Å². The third kappa shape index (κ3) is 3.94. The van der Waals surface area contributed by atoms with Crippen molar-refractivity contribution in [3.05, 3.63) is 29.8 Å². The fourth-order valence-electron chi connectivity index (χ4n) is 1.58. The standard InChI is InChI=1S/C14H23N/c1-5-12(2)6-7-13-8-10-14(11-9-13)15(3)4/h8-12H,5-7H2,1-4H3. The number of nitrogens with zero attached hydrogens (tertiary/aromatic N) is 1. The van der Waals surface area contributed by atoms with Gasteiger partial charge in [-0.15, -0.1) is 0 Å². The third-order valence-electron chi connectivity index (χ3n) is 3.08. The van der Waals surface area contributed by atoms with E-state index in [0.717, 1.165) is 5.92 Å². The van der Waals surface area contributed by atoms with Crippen molar-refractivity contribution in [3.8, 4) is 0 Å². The molecule has 0 amide bonds. The molecule has 0 spiro atoms. The molecule has 0 N–H and O–H groups in total. The molecular weight excluding hydrogens is 182 g/mol. The predicted molar refractivity (Wildman–Crippen MR) is 68.5 cm³/mol. The highest BCUT2D eigenvalue weighted by atomic mass is 15.1. The van der Waals surface area contributed by atoms with Crippen LogP contribution in [0.3, 0.4) is 0 Å². The zero-order chi connectivity index (χ0) is 11.3. The van der Waals surface area contributed by atoms with Crippen LogP contribution in [0.2, 0.25) is 0 Å². The van der Waals surface area contributed by atoms with Crippen molar-refractivity contribution in [2.45, 2.75) is 33.1 Å². The van der Waals surface area contributed by atoms with Gasteiger partial charge in [0.25, 0.3) is 0 Å². The molecule has 0 aliphatic heterocycles. The van der Waals surface area contributed by atoms with Crippen LogP contribution >= 0.6 is 0 Å². The maximum Gasteiger partial charge on any atom is 0.0361 e. The number of anilines is 1. The van der Waals surface area contributed by atoms with E-state index in [1.165, 1.54) is 30.5 Å². The quantitative estimate of drug-likeness (QED) is 0.708. The maximum atomic E-state index is 2.33. The van der Waals surface area contributed by atoms with Gasteiger partial charge in [-0.25, -0.2) is 0 Å². The smallest absolute Gasteiger partial charge is 0.0361 e. The van der Waals surface area contributed by atoms with Crippen LogP contribution in [0.5, 0.6) is 0 Å². The molecule has 0 aromatic heterocycles. The van der Waals surface area contributed by atoms with Gasteiger partial charge in [-0.1, -0.05) is 32.4 Å². The molecule has 0 fully saturated rings. The van der Waals surface area contributed by atoms with E-state index in [-0.39, 0.29) is 0 Å². The fourth-order valence-corrected chi connectivity index (χ4v) is 1.58. The average Bonchev–Trinajstić information content (AvgIpc) is 2.26. The zero-order valence-electron chi connectivity index (χ0n) is 10.5. The van der Waals surface area contributed by atoms with Crippen LogP contribution in [-0.2, 0) is 6.42 Å². The summed E-state index contributed by atoms with van der Waals surface area (Å²) in [5, 5.41) is 0. The minimum atomic E-state index is 0.846.